The molecule has 8 nitrogen and oxygen atoms in total. The van der Waals surface area contributed by atoms with Crippen LogP contribution in [0.3, 0.4) is 0 Å². The lowest BCUT2D eigenvalue weighted by Crippen LogP contribution is -2.41. The number of fused-ring (bicyclic) bond motifs is 1. The summed E-state index contributed by atoms with van der Waals surface area (Å²) in [5.41, 5.74) is 2.74. The number of anilines is 2. The van der Waals surface area contributed by atoms with Crippen molar-refractivity contribution in [1.82, 2.24) is 10.2 Å². The smallest absolute Gasteiger partial charge is 0.313 e. The highest BCUT2D eigenvalue weighted by Gasteiger charge is 2.25. The molecule has 170 valence electrons. The van der Waals surface area contributed by atoms with Gasteiger partial charge in [0.1, 0.15) is 13.2 Å². The van der Waals surface area contributed by atoms with Crippen LogP contribution in [0, 0.1) is 0 Å². The third kappa shape index (κ3) is 5.13. The number of benzene rings is 2. The largest absolute Gasteiger partial charge is 0.486 e. The van der Waals surface area contributed by atoms with E-state index < -0.39 is 11.8 Å². The Morgan fingerprint density at radius 3 is 2.34 bits per heavy atom. The summed E-state index contributed by atoms with van der Waals surface area (Å²) in [6.45, 7) is 3.29. The Balaban J connectivity index is 1.38. The van der Waals surface area contributed by atoms with Crippen molar-refractivity contribution in [2.24, 2.45) is 0 Å². The fourth-order valence-electron chi connectivity index (χ4n) is 4.08. The molecule has 0 spiro atoms. The van der Waals surface area contributed by atoms with Crippen molar-refractivity contribution in [2.75, 3.05) is 57.2 Å². The molecule has 0 unspecified atom stereocenters. The van der Waals surface area contributed by atoms with Crippen molar-refractivity contribution in [3.63, 3.8) is 0 Å². The Hall–Kier alpha value is -3.26. The molecule has 4 rings (SSSR count). The molecule has 2 aromatic rings. The molecule has 0 aliphatic carbocycles. The van der Waals surface area contributed by atoms with Crippen molar-refractivity contribution in [1.29, 1.82) is 0 Å². The van der Waals surface area contributed by atoms with Crippen LogP contribution in [-0.4, -0.2) is 63.7 Å². The van der Waals surface area contributed by atoms with E-state index in [1.807, 2.05) is 14.1 Å². The van der Waals surface area contributed by atoms with Gasteiger partial charge in [0.15, 0.2) is 11.5 Å². The lowest BCUT2D eigenvalue weighted by Gasteiger charge is -2.28. The number of ether oxygens (including phenoxy) is 2. The molecule has 0 bridgehead atoms. The molecule has 2 N–H and O–H groups in total. The summed E-state index contributed by atoms with van der Waals surface area (Å²) in [7, 11) is 4.01. The third-order valence-corrected chi connectivity index (χ3v) is 5.84. The molecule has 8 heteroatoms. The molecule has 1 atom stereocenters. The van der Waals surface area contributed by atoms with Crippen molar-refractivity contribution >= 4 is 23.2 Å². The minimum Gasteiger partial charge on any atom is -0.486 e. The fraction of sp³-hybridized carbons (Fsp3) is 0.417. The molecular formula is C24H30N4O4. The highest BCUT2D eigenvalue weighted by atomic mass is 16.6. The van der Waals surface area contributed by atoms with Crippen molar-refractivity contribution in [3.8, 4) is 11.5 Å². The molecule has 2 aromatic carbocycles. The first-order chi connectivity index (χ1) is 15.5. The van der Waals surface area contributed by atoms with Gasteiger partial charge in [-0.05, 0) is 55.8 Å². The van der Waals surface area contributed by atoms with Gasteiger partial charge in [-0.3, -0.25) is 14.5 Å². The van der Waals surface area contributed by atoms with E-state index in [1.54, 1.807) is 18.2 Å². The molecule has 2 amide bonds. The highest BCUT2D eigenvalue weighted by molar-refractivity contribution is 6.39. The number of hydrogen-bond donors (Lipinski definition) is 2. The van der Waals surface area contributed by atoms with Crippen LogP contribution < -0.4 is 25.0 Å². The average molecular weight is 439 g/mol. The summed E-state index contributed by atoms with van der Waals surface area (Å²) in [6, 6.07) is 13.5. The van der Waals surface area contributed by atoms with Crippen molar-refractivity contribution in [3.05, 3.63) is 48.0 Å². The first-order valence-electron chi connectivity index (χ1n) is 11.0. The van der Waals surface area contributed by atoms with E-state index in [9.17, 15) is 9.59 Å². The molecule has 2 aliphatic rings. The van der Waals surface area contributed by atoms with Crippen LogP contribution in [0.5, 0.6) is 11.5 Å². The lowest BCUT2D eigenvalue weighted by atomic mass is 10.0. The van der Waals surface area contributed by atoms with Crippen molar-refractivity contribution in [2.45, 2.75) is 18.9 Å². The second-order valence-electron chi connectivity index (χ2n) is 8.27. The zero-order chi connectivity index (χ0) is 22.5. The fourth-order valence-corrected chi connectivity index (χ4v) is 4.08. The van der Waals surface area contributed by atoms with Crippen LogP contribution in [0.1, 0.15) is 24.4 Å². The second-order valence-corrected chi connectivity index (χ2v) is 8.27. The van der Waals surface area contributed by atoms with Gasteiger partial charge in [-0.1, -0.05) is 12.1 Å². The summed E-state index contributed by atoms with van der Waals surface area (Å²) in [5, 5.41) is 5.46. The van der Waals surface area contributed by atoms with Gasteiger partial charge in [-0.25, -0.2) is 0 Å². The van der Waals surface area contributed by atoms with Crippen LogP contribution in [0.15, 0.2) is 42.5 Å². The van der Waals surface area contributed by atoms with Crippen LogP contribution in [-0.2, 0) is 9.59 Å². The summed E-state index contributed by atoms with van der Waals surface area (Å²) >= 11 is 0. The molecular weight excluding hydrogens is 408 g/mol. The molecule has 2 aliphatic heterocycles. The lowest BCUT2D eigenvalue weighted by molar-refractivity contribution is -0.136. The van der Waals surface area contributed by atoms with Crippen molar-refractivity contribution < 1.29 is 19.1 Å². The van der Waals surface area contributed by atoms with Crippen LogP contribution >= 0.6 is 0 Å². The van der Waals surface area contributed by atoms with E-state index in [2.05, 4.69) is 44.7 Å². The Morgan fingerprint density at radius 1 is 0.969 bits per heavy atom. The van der Waals surface area contributed by atoms with E-state index in [0.717, 1.165) is 37.2 Å². The zero-order valence-electron chi connectivity index (χ0n) is 18.6. The van der Waals surface area contributed by atoms with E-state index in [1.165, 1.54) is 0 Å². The first kappa shape index (κ1) is 22.0. The Labute approximate surface area is 188 Å². The number of nitrogens with one attached hydrogen (secondary N) is 2. The van der Waals surface area contributed by atoms with Crippen LogP contribution in [0.25, 0.3) is 0 Å². The minimum absolute atomic E-state index is 0.0276. The molecule has 0 aromatic heterocycles. The van der Waals surface area contributed by atoms with E-state index in [-0.39, 0.29) is 6.04 Å². The molecule has 32 heavy (non-hydrogen) atoms. The Kier molecular flexibility index (Phi) is 6.80. The minimum atomic E-state index is -0.704. The molecule has 1 fully saturated rings. The van der Waals surface area contributed by atoms with Gasteiger partial charge in [-0.2, -0.15) is 0 Å². The Bertz CT molecular complexity index is 955. The zero-order valence-corrected chi connectivity index (χ0v) is 18.6. The van der Waals surface area contributed by atoms with Crippen LogP contribution in [0.2, 0.25) is 0 Å². The maximum Gasteiger partial charge on any atom is 0.313 e. The van der Waals surface area contributed by atoms with E-state index in [4.69, 9.17) is 9.47 Å². The standard InChI is InChI=1S/C24H30N4O4/c1-27(2)19-8-5-17(6-9-19)20(28-11-3-4-12-28)16-25-23(29)24(30)26-18-7-10-21-22(15-18)32-14-13-31-21/h5-10,15,20H,3-4,11-14,16H2,1-2H3,(H,25,29)(H,26,30)/t20-/m1/s1. The summed E-state index contributed by atoms with van der Waals surface area (Å²) in [6.07, 6.45) is 2.29. The topological polar surface area (TPSA) is 83.1 Å². The molecule has 2 heterocycles. The van der Waals surface area contributed by atoms with Gasteiger partial charge >= 0.3 is 11.8 Å². The third-order valence-electron chi connectivity index (χ3n) is 5.84. The van der Waals surface area contributed by atoms with Gasteiger partial charge in [0, 0.05) is 38.1 Å². The summed E-state index contributed by atoms with van der Waals surface area (Å²) in [4.78, 5) is 29.4. The SMILES string of the molecule is CN(C)c1ccc([C@@H](CNC(=O)C(=O)Nc2ccc3c(c2)OCCO3)N2CCCC2)cc1. The number of hydrogen-bond acceptors (Lipinski definition) is 6. The molecule has 1 saturated heterocycles. The quantitative estimate of drug-likeness (QED) is 0.674. The number of carbonyl (C=O) groups excluding carboxylic acids is 2. The predicted molar refractivity (Wildman–Crippen MR) is 123 cm³/mol. The monoisotopic (exact) mass is 438 g/mol. The average Bonchev–Trinajstić information content (AvgIpc) is 3.34. The van der Waals surface area contributed by atoms with Gasteiger partial charge in [0.2, 0.25) is 0 Å². The maximum absolute atomic E-state index is 12.5. The van der Waals surface area contributed by atoms with Gasteiger partial charge in [-0.15, -0.1) is 0 Å². The highest BCUT2D eigenvalue weighted by Crippen LogP contribution is 2.32. The molecule has 0 radical (unpaired) electrons. The predicted octanol–water partition coefficient (Wildman–Crippen LogP) is 2.42. The van der Waals surface area contributed by atoms with Crippen LogP contribution in [0.4, 0.5) is 11.4 Å². The molecule has 0 saturated carbocycles. The van der Waals surface area contributed by atoms with Gasteiger partial charge < -0.3 is 25.0 Å². The summed E-state index contributed by atoms with van der Waals surface area (Å²) in [5.74, 6) is -0.170. The number of likely N-dealkylation sites (tertiary alicyclic amines) is 1. The first-order valence-corrected chi connectivity index (χ1v) is 11.0. The number of carbonyl (C=O) groups is 2. The number of nitrogens with zero attached hydrogens (tertiary/aromatic N) is 2. The maximum atomic E-state index is 12.5. The van der Waals surface area contributed by atoms with E-state index in [0.29, 0.717) is 36.9 Å². The van der Waals surface area contributed by atoms with Gasteiger partial charge in [0.05, 0.1) is 6.04 Å². The summed E-state index contributed by atoms with van der Waals surface area (Å²) < 4.78 is 11.0. The Morgan fingerprint density at radius 2 is 1.66 bits per heavy atom. The van der Waals surface area contributed by atoms with Gasteiger partial charge in [0.25, 0.3) is 0 Å². The second kappa shape index (κ2) is 9.91. The normalized spacial score (nSPS) is 16.3. The van der Waals surface area contributed by atoms with E-state index >= 15 is 0 Å². The number of rotatable bonds is 6. The number of amides is 2.